The van der Waals surface area contributed by atoms with Gasteiger partial charge in [0.05, 0.1) is 5.56 Å². The first kappa shape index (κ1) is 17.5. The van der Waals surface area contributed by atoms with Crippen LogP contribution in [0.4, 0.5) is 18.9 Å². The molecule has 0 spiro atoms. The van der Waals surface area contributed by atoms with E-state index < -0.39 is 23.4 Å². The third-order valence-corrected chi connectivity index (χ3v) is 2.09. The molecule has 4 nitrogen and oxygen atoms in total. The van der Waals surface area contributed by atoms with Crippen molar-refractivity contribution < 1.29 is 23.1 Å². The van der Waals surface area contributed by atoms with E-state index in [-0.39, 0.29) is 30.6 Å². The molecule has 0 saturated carbocycles. The Bertz CT molecular complexity index is 450. The first-order chi connectivity index (χ1) is 8.20. The number of aromatic hydroxyl groups is 1. The van der Waals surface area contributed by atoms with Crippen LogP contribution in [0.1, 0.15) is 18.9 Å². The van der Waals surface area contributed by atoms with Gasteiger partial charge < -0.3 is 16.2 Å². The summed E-state index contributed by atoms with van der Waals surface area (Å²) in [7, 11) is 0. The number of halogens is 4. The summed E-state index contributed by atoms with van der Waals surface area (Å²) in [5.74, 6) is -1.36. The van der Waals surface area contributed by atoms with E-state index in [1.54, 1.807) is 6.92 Å². The van der Waals surface area contributed by atoms with Crippen molar-refractivity contribution in [1.29, 1.82) is 0 Å². The first-order valence-electron chi connectivity index (χ1n) is 5.16. The maximum absolute atomic E-state index is 12.5. The molecule has 0 bridgehead atoms. The number of rotatable bonds is 3. The monoisotopic (exact) mass is 298 g/mol. The number of benzene rings is 1. The van der Waals surface area contributed by atoms with E-state index in [2.05, 4.69) is 5.32 Å². The fourth-order valence-corrected chi connectivity index (χ4v) is 1.35. The standard InChI is InChI=1S/C11H13F3N2O2.ClH/c1-6(15)4-10(18)16-7-2-3-9(17)8(5-7)11(12,13)14;/h2-3,5-6,17H,4,15H2,1H3,(H,16,18);1H. The maximum atomic E-state index is 12.5. The predicted molar refractivity (Wildman–Crippen MR) is 67.3 cm³/mol. The van der Waals surface area contributed by atoms with E-state index in [4.69, 9.17) is 10.8 Å². The van der Waals surface area contributed by atoms with E-state index in [1.807, 2.05) is 0 Å². The normalized spacial score (nSPS) is 12.5. The predicted octanol–water partition coefficient (Wildman–Crippen LogP) is 2.51. The Morgan fingerprint density at radius 2 is 2.05 bits per heavy atom. The fourth-order valence-electron chi connectivity index (χ4n) is 1.35. The molecule has 0 fully saturated rings. The molecule has 0 aromatic heterocycles. The molecule has 0 heterocycles. The van der Waals surface area contributed by atoms with Crippen LogP contribution in [0.15, 0.2) is 18.2 Å². The number of alkyl halides is 3. The van der Waals surface area contributed by atoms with Crippen LogP contribution in [0.2, 0.25) is 0 Å². The van der Waals surface area contributed by atoms with Crippen LogP contribution in [0.5, 0.6) is 5.75 Å². The molecule has 0 aliphatic heterocycles. The summed E-state index contributed by atoms with van der Waals surface area (Å²) in [6.45, 7) is 1.61. The lowest BCUT2D eigenvalue weighted by Crippen LogP contribution is -2.24. The summed E-state index contributed by atoms with van der Waals surface area (Å²) in [6.07, 6.45) is -4.67. The number of amides is 1. The van der Waals surface area contributed by atoms with Gasteiger partial charge >= 0.3 is 6.18 Å². The van der Waals surface area contributed by atoms with Gasteiger partial charge in [0, 0.05) is 18.2 Å². The molecule has 19 heavy (non-hydrogen) atoms. The quantitative estimate of drug-likeness (QED) is 0.751. The van der Waals surface area contributed by atoms with Gasteiger partial charge in [-0.2, -0.15) is 13.2 Å². The highest BCUT2D eigenvalue weighted by molar-refractivity contribution is 5.91. The number of hydrogen-bond donors (Lipinski definition) is 3. The molecular formula is C11H14ClF3N2O2. The highest BCUT2D eigenvalue weighted by Crippen LogP contribution is 2.37. The minimum Gasteiger partial charge on any atom is -0.507 e. The van der Waals surface area contributed by atoms with Crippen LogP contribution in [-0.2, 0) is 11.0 Å². The van der Waals surface area contributed by atoms with Crippen molar-refractivity contribution in [3.63, 3.8) is 0 Å². The van der Waals surface area contributed by atoms with Crippen LogP contribution in [0.3, 0.4) is 0 Å². The zero-order valence-electron chi connectivity index (χ0n) is 9.99. The summed E-state index contributed by atoms with van der Waals surface area (Å²) >= 11 is 0. The third kappa shape index (κ3) is 5.35. The van der Waals surface area contributed by atoms with Gasteiger partial charge in [-0.3, -0.25) is 4.79 Å². The van der Waals surface area contributed by atoms with Gasteiger partial charge in [-0.15, -0.1) is 12.4 Å². The average Bonchev–Trinajstić information content (AvgIpc) is 2.17. The van der Waals surface area contributed by atoms with Crippen molar-refractivity contribution in [1.82, 2.24) is 0 Å². The Kier molecular flexibility index (Phi) is 6.11. The number of phenols is 1. The van der Waals surface area contributed by atoms with Gasteiger partial charge in [-0.25, -0.2) is 0 Å². The molecule has 0 radical (unpaired) electrons. The summed E-state index contributed by atoms with van der Waals surface area (Å²) in [5.41, 5.74) is 4.16. The van der Waals surface area contributed by atoms with Crippen LogP contribution < -0.4 is 11.1 Å². The second kappa shape index (κ2) is 6.63. The number of phenolic OH excluding ortho intramolecular Hbond substituents is 1. The van der Waals surface area contributed by atoms with Gasteiger partial charge in [-0.1, -0.05) is 0 Å². The Morgan fingerprint density at radius 1 is 1.47 bits per heavy atom. The van der Waals surface area contributed by atoms with E-state index in [0.29, 0.717) is 6.07 Å². The Hall–Kier alpha value is -1.47. The van der Waals surface area contributed by atoms with Crippen LogP contribution >= 0.6 is 12.4 Å². The van der Waals surface area contributed by atoms with Crippen molar-refractivity contribution in [2.24, 2.45) is 5.73 Å². The summed E-state index contributed by atoms with van der Waals surface area (Å²) in [4.78, 5) is 11.3. The van der Waals surface area contributed by atoms with E-state index in [1.165, 1.54) is 6.07 Å². The molecular weight excluding hydrogens is 285 g/mol. The van der Waals surface area contributed by atoms with Gasteiger partial charge in [0.25, 0.3) is 0 Å². The average molecular weight is 299 g/mol. The van der Waals surface area contributed by atoms with Gasteiger partial charge in [0.15, 0.2) is 0 Å². The lowest BCUT2D eigenvalue weighted by Gasteiger charge is -2.12. The molecule has 0 aliphatic carbocycles. The van der Waals surface area contributed by atoms with Crippen molar-refractivity contribution in [3.8, 4) is 5.75 Å². The molecule has 0 saturated heterocycles. The fraction of sp³-hybridized carbons (Fsp3) is 0.364. The van der Waals surface area contributed by atoms with E-state index in [9.17, 15) is 18.0 Å². The molecule has 1 aromatic rings. The molecule has 1 rings (SSSR count). The van der Waals surface area contributed by atoms with Crippen LogP contribution in [-0.4, -0.2) is 17.1 Å². The van der Waals surface area contributed by atoms with E-state index in [0.717, 1.165) is 6.07 Å². The maximum Gasteiger partial charge on any atom is 0.420 e. The lowest BCUT2D eigenvalue weighted by molar-refractivity contribution is -0.138. The summed E-state index contributed by atoms with van der Waals surface area (Å²) in [6, 6.07) is 2.35. The van der Waals surface area contributed by atoms with Crippen LogP contribution in [0, 0.1) is 0 Å². The largest absolute Gasteiger partial charge is 0.507 e. The molecule has 1 amide bonds. The molecule has 1 atom stereocenters. The van der Waals surface area contributed by atoms with Gasteiger partial charge in [0.2, 0.25) is 5.91 Å². The Morgan fingerprint density at radius 3 is 2.53 bits per heavy atom. The van der Waals surface area contributed by atoms with Crippen molar-refractivity contribution in [2.75, 3.05) is 5.32 Å². The van der Waals surface area contributed by atoms with Crippen molar-refractivity contribution >= 4 is 24.0 Å². The minimum atomic E-state index is -4.67. The first-order valence-corrected chi connectivity index (χ1v) is 5.16. The molecule has 1 unspecified atom stereocenters. The molecule has 108 valence electrons. The van der Waals surface area contributed by atoms with E-state index >= 15 is 0 Å². The highest BCUT2D eigenvalue weighted by atomic mass is 35.5. The Balaban J connectivity index is 0.00000324. The smallest absolute Gasteiger partial charge is 0.420 e. The minimum absolute atomic E-state index is 0. The summed E-state index contributed by atoms with van der Waals surface area (Å²) in [5, 5.41) is 11.4. The lowest BCUT2D eigenvalue weighted by atomic mass is 10.1. The Labute approximate surface area is 114 Å². The second-order valence-electron chi connectivity index (χ2n) is 3.96. The zero-order valence-corrected chi connectivity index (χ0v) is 10.8. The number of nitrogens with two attached hydrogens (primary N) is 1. The number of anilines is 1. The molecule has 4 N–H and O–H groups in total. The van der Waals surface area contributed by atoms with Gasteiger partial charge in [0.1, 0.15) is 5.75 Å². The van der Waals surface area contributed by atoms with Crippen molar-refractivity contribution in [2.45, 2.75) is 25.6 Å². The zero-order chi connectivity index (χ0) is 13.9. The van der Waals surface area contributed by atoms with Gasteiger partial charge in [-0.05, 0) is 25.1 Å². The molecule has 8 heteroatoms. The summed E-state index contributed by atoms with van der Waals surface area (Å²) < 4.78 is 37.5. The number of carbonyl (C=O) groups excluding carboxylic acids is 1. The molecule has 0 aliphatic rings. The number of nitrogens with one attached hydrogen (secondary N) is 1. The topological polar surface area (TPSA) is 75.4 Å². The number of carbonyl (C=O) groups is 1. The molecule has 1 aromatic carbocycles. The van der Waals surface area contributed by atoms with Crippen molar-refractivity contribution in [3.05, 3.63) is 23.8 Å². The highest BCUT2D eigenvalue weighted by Gasteiger charge is 2.34. The third-order valence-electron chi connectivity index (χ3n) is 2.09. The second-order valence-corrected chi connectivity index (χ2v) is 3.96. The number of hydrogen-bond acceptors (Lipinski definition) is 3. The SMILES string of the molecule is CC(N)CC(=O)Nc1ccc(O)c(C(F)(F)F)c1.Cl. The van der Waals surface area contributed by atoms with Crippen LogP contribution in [0.25, 0.3) is 0 Å².